The summed E-state index contributed by atoms with van der Waals surface area (Å²) in [6, 6.07) is 8.83. The topological polar surface area (TPSA) is 20.2 Å². The molecule has 2 aromatic carbocycles. The molecule has 1 atom stereocenters. The van der Waals surface area contributed by atoms with Gasteiger partial charge in [-0.3, -0.25) is 0 Å². The van der Waals surface area contributed by atoms with Gasteiger partial charge in [0.05, 0.1) is 12.5 Å². The Morgan fingerprint density at radius 3 is 2.38 bits per heavy atom. The van der Waals surface area contributed by atoms with E-state index in [1.165, 1.54) is 6.08 Å². The molecule has 1 N–H and O–H groups in total. The zero-order valence-electron chi connectivity index (χ0n) is 11.3. The minimum absolute atomic E-state index is 0.246. The molecule has 0 fully saturated rings. The molecule has 1 nitrogen and oxygen atoms in total. The van der Waals surface area contributed by atoms with Gasteiger partial charge in [-0.2, -0.15) is 13.2 Å². The largest absolute Gasteiger partial charge is 0.391 e. The second kappa shape index (κ2) is 5.74. The number of aliphatic hydroxyl groups excluding tert-OH is 1. The van der Waals surface area contributed by atoms with Gasteiger partial charge in [-0.25, -0.2) is 0 Å². The van der Waals surface area contributed by atoms with Gasteiger partial charge in [0.25, 0.3) is 0 Å². The van der Waals surface area contributed by atoms with Crippen LogP contribution in [0.5, 0.6) is 0 Å². The number of hydrogen-bond acceptors (Lipinski definition) is 1. The third kappa shape index (κ3) is 3.16. The molecule has 0 spiro atoms. The summed E-state index contributed by atoms with van der Waals surface area (Å²) in [6.07, 6.45) is -4.37. The fourth-order valence-electron chi connectivity index (χ4n) is 2.49. The summed E-state index contributed by atoms with van der Waals surface area (Å²) in [7, 11) is 0. The predicted molar refractivity (Wildman–Crippen MR) is 79.8 cm³/mol. The molecular formula is C17H15F3O. The molecule has 0 saturated heterocycles. The van der Waals surface area contributed by atoms with E-state index in [1.54, 1.807) is 30.3 Å². The van der Waals surface area contributed by atoms with Crippen LogP contribution in [0.15, 0.2) is 43.5 Å². The standard InChI is InChI=1S/C17H15F3O/c1-3-11-9-12-7-5-6-8-14(12)16(13(11)4-2)15(21)10-17(18,19)20/h3-9,15,21H,1-2,10H2. The first-order valence-corrected chi connectivity index (χ1v) is 6.42. The van der Waals surface area contributed by atoms with Crippen molar-refractivity contribution in [1.29, 1.82) is 0 Å². The van der Waals surface area contributed by atoms with Gasteiger partial charge < -0.3 is 5.11 Å². The Hall–Kier alpha value is -2.07. The summed E-state index contributed by atoms with van der Waals surface area (Å²) in [4.78, 5) is 0. The number of fused-ring (bicyclic) bond motifs is 1. The summed E-state index contributed by atoms with van der Waals surface area (Å²) in [5, 5.41) is 11.4. The van der Waals surface area contributed by atoms with Crippen LogP contribution in [0.4, 0.5) is 13.2 Å². The van der Waals surface area contributed by atoms with Gasteiger partial charge in [-0.15, -0.1) is 0 Å². The molecule has 0 aromatic heterocycles. The number of alkyl halides is 3. The van der Waals surface area contributed by atoms with Crippen LogP contribution in [0.1, 0.15) is 29.2 Å². The zero-order valence-corrected chi connectivity index (χ0v) is 11.3. The SMILES string of the molecule is C=Cc1cc2ccccc2c(C(O)CC(F)(F)F)c1C=C. The van der Waals surface area contributed by atoms with E-state index < -0.39 is 18.7 Å². The number of halogens is 3. The Bertz CT molecular complexity index is 686. The summed E-state index contributed by atoms with van der Waals surface area (Å²) >= 11 is 0. The van der Waals surface area contributed by atoms with Gasteiger partial charge in [-0.1, -0.05) is 49.6 Å². The van der Waals surface area contributed by atoms with E-state index in [4.69, 9.17) is 0 Å². The molecule has 21 heavy (non-hydrogen) atoms. The average molecular weight is 292 g/mol. The third-order valence-corrected chi connectivity index (χ3v) is 3.35. The summed E-state index contributed by atoms with van der Waals surface area (Å²) in [5.41, 5.74) is 1.38. The van der Waals surface area contributed by atoms with Crippen molar-refractivity contribution in [2.45, 2.75) is 18.7 Å². The molecule has 4 heteroatoms. The minimum Gasteiger partial charge on any atom is -0.388 e. The van der Waals surface area contributed by atoms with Crippen LogP contribution in [0.3, 0.4) is 0 Å². The van der Waals surface area contributed by atoms with E-state index >= 15 is 0 Å². The van der Waals surface area contributed by atoms with Crippen LogP contribution < -0.4 is 0 Å². The molecule has 0 heterocycles. The van der Waals surface area contributed by atoms with Crippen molar-refractivity contribution >= 4 is 22.9 Å². The highest BCUT2D eigenvalue weighted by atomic mass is 19.4. The van der Waals surface area contributed by atoms with Crippen LogP contribution in [0, 0.1) is 0 Å². The molecule has 0 aliphatic carbocycles. The van der Waals surface area contributed by atoms with Crippen molar-refractivity contribution in [2.24, 2.45) is 0 Å². The number of hydrogen-bond donors (Lipinski definition) is 1. The van der Waals surface area contributed by atoms with Crippen LogP contribution in [0.25, 0.3) is 22.9 Å². The maximum absolute atomic E-state index is 12.6. The summed E-state index contributed by atoms with van der Waals surface area (Å²) in [6.45, 7) is 7.32. The Balaban J connectivity index is 2.73. The first-order valence-electron chi connectivity index (χ1n) is 6.42. The Morgan fingerprint density at radius 1 is 1.14 bits per heavy atom. The van der Waals surface area contributed by atoms with Gasteiger partial charge in [0, 0.05) is 0 Å². The van der Waals surface area contributed by atoms with Gasteiger partial charge in [0.1, 0.15) is 0 Å². The highest BCUT2D eigenvalue weighted by molar-refractivity contribution is 5.92. The molecule has 2 aromatic rings. The normalized spacial score (nSPS) is 13.1. The van der Waals surface area contributed by atoms with Crippen molar-refractivity contribution in [3.8, 4) is 0 Å². The van der Waals surface area contributed by atoms with Crippen LogP contribution >= 0.6 is 0 Å². The molecule has 0 amide bonds. The lowest BCUT2D eigenvalue weighted by Gasteiger charge is -2.20. The molecule has 0 bridgehead atoms. The molecule has 0 aliphatic heterocycles. The van der Waals surface area contributed by atoms with E-state index in [2.05, 4.69) is 13.2 Å². The van der Waals surface area contributed by atoms with Crippen molar-refractivity contribution in [1.82, 2.24) is 0 Å². The van der Waals surface area contributed by atoms with Crippen molar-refractivity contribution < 1.29 is 18.3 Å². The fourth-order valence-corrected chi connectivity index (χ4v) is 2.49. The maximum atomic E-state index is 12.6. The van der Waals surface area contributed by atoms with E-state index in [9.17, 15) is 18.3 Å². The molecule has 110 valence electrons. The first-order chi connectivity index (χ1) is 9.87. The molecule has 0 aliphatic rings. The molecular weight excluding hydrogens is 277 g/mol. The first kappa shape index (κ1) is 15.3. The van der Waals surface area contributed by atoms with Crippen molar-refractivity contribution in [3.63, 3.8) is 0 Å². The van der Waals surface area contributed by atoms with Crippen molar-refractivity contribution in [2.75, 3.05) is 0 Å². The predicted octanol–water partition coefficient (Wildman–Crippen LogP) is 5.11. The third-order valence-electron chi connectivity index (χ3n) is 3.35. The van der Waals surface area contributed by atoms with E-state index in [-0.39, 0.29) is 5.56 Å². The summed E-state index contributed by atoms with van der Waals surface area (Å²) in [5.74, 6) is 0. The highest BCUT2D eigenvalue weighted by Gasteiger charge is 2.33. The van der Waals surface area contributed by atoms with Gasteiger partial charge in [-0.05, 0) is 33.5 Å². The highest BCUT2D eigenvalue weighted by Crippen LogP contribution is 2.37. The Morgan fingerprint density at radius 2 is 1.81 bits per heavy atom. The monoisotopic (exact) mass is 292 g/mol. The zero-order chi connectivity index (χ0) is 15.6. The second-order valence-corrected chi connectivity index (χ2v) is 4.76. The minimum atomic E-state index is -4.44. The van der Waals surface area contributed by atoms with Crippen LogP contribution in [0.2, 0.25) is 0 Å². The number of benzene rings is 2. The molecule has 0 radical (unpaired) electrons. The van der Waals surface area contributed by atoms with Crippen molar-refractivity contribution in [3.05, 3.63) is 60.2 Å². The lowest BCUT2D eigenvalue weighted by molar-refractivity contribution is -0.154. The van der Waals surface area contributed by atoms with Gasteiger partial charge >= 0.3 is 6.18 Å². The van der Waals surface area contributed by atoms with E-state index in [0.717, 1.165) is 5.39 Å². The lowest BCUT2D eigenvalue weighted by atomic mass is 9.89. The lowest BCUT2D eigenvalue weighted by Crippen LogP contribution is -2.15. The number of rotatable bonds is 4. The quantitative estimate of drug-likeness (QED) is 0.830. The Kier molecular flexibility index (Phi) is 4.19. The van der Waals surface area contributed by atoms with Crippen LogP contribution in [-0.4, -0.2) is 11.3 Å². The molecule has 0 saturated carbocycles. The molecule has 2 rings (SSSR count). The number of aliphatic hydroxyl groups is 1. The fraction of sp³-hybridized carbons (Fsp3) is 0.176. The van der Waals surface area contributed by atoms with E-state index in [1.807, 2.05) is 6.07 Å². The van der Waals surface area contributed by atoms with Gasteiger partial charge in [0.15, 0.2) is 0 Å². The average Bonchev–Trinajstić information content (AvgIpc) is 2.42. The maximum Gasteiger partial charge on any atom is 0.391 e. The summed E-state index contributed by atoms with van der Waals surface area (Å²) < 4.78 is 37.8. The second-order valence-electron chi connectivity index (χ2n) is 4.76. The van der Waals surface area contributed by atoms with E-state index in [0.29, 0.717) is 16.5 Å². The smallest absolute Gasteiger partial charge is 0.388 e. The molecule has 1 unspecified atom stereocenters. The Labute approximate surface area is 121 Å². The van der Waals surface area contributed by atoms with Crippen LogP contribution in [-0.2, 0) is 0 Å². The van der Waals surface area contributed by atoms with Gasteiger partial charge in [0.2, 0.25) is 0 Å².